The van der Waals surface area contributed by atoms with Gasteiger partial charge in [0.2, 0.25) is 0 Å². The highest BCUT2D eigenvalue weighted by molar-refractivity contribution is 7.16. The predicted molar refractivity (Wildman–Crippen MR) is 182 cm³/mol. The molecule has 6 nitrogen and oxygen atoms in total. The molecule has 0 radical (unpaired) electrons. The summed E-state index contributed by atoms with van der Waals surface area (Å²) >= 11 is 1.72. The van der Waals surface area contributed by atoms with Crippen LogP contribution in [-0.2, 0) is 6.42 Å². The topological polar surface area (TPSA) is 82.3 Å². The van der Waals surface area contributed by atoms with Gasteiger partial charge >= 0.3 is 0 Å². The minimum absolute atomic E-state index is 0.732. The van der Waals surface area contributed by atoms with Crippen molar-refractivity contribution in [3.8, 4) is 21.8 Å². The molecule has 0 saturated carbocycles. The average Bonchev–Trinajstić information content (AvgIpc) is 3.76. The molecule has 0 aliphatic carbocycles. The Morgan fingerprint density at radius 2 is 1.79 bits per heavy atom. The molecule has 5 aromatic heterocycles. The first-order chi connectivity index (χ1) is 20.9. The highest BCUT2D eigenvalue weighted by Gasteiger charge is 2.14. The number of benzene rings is 1. The molecule has 0 unspecified atom stereocenters. The standard InChI is InChI=1S/C36H32N6S/c1-6-31-29(14-23(4)26-16-27(19-37-18-26)39-24(5)15-25-10-8-7-9-11-25)36(42-41-31)32-17-28-30(20-38-21-33(28)40-32)35-13-12-34(43-35)22(2)3/h6-14,16-21,39-41H,2,4-5,15H2,1,3H3/b29-14+,31-6+. The van der Waals surface area contributed by atoms with Crippen molar-refractivity contribution < 1.29 is 0 Å². The number of aromatic amines is 2. The third-order valence-electron chi connectivity index (χ3n) is 7.22. The summed E-state index contributed by atoms with van der Waals surface area (Å²) in [4.78, 5) is 14.8. The fraction of sp³-hybridized carbons (Fsp3) is 0.0833. The van der Waals surface area contributed by atoms with Crippen molar-refractivity contribution in [2.45, 2.75) is 20.3 Å². The number of allylic oxidation sites excluding steroid dienone is 3. The molecule has 1 aromatic carbocycles. The summed E-state index contributed by atoms with van der Waals surface area (Å²) in [6.45, 7) is 16.7. The van der Waals surface area contributed by atoms with Gasteiger partial charge in [0.05, 0.1) is 34.6 Å². The Hall–Kier alpha value is -5.27. The number of hydrogen-bond donors (Lipinski definition) is 3. The molecule has 0 saturated heterocycles. The molecule has 0 spiro atoms. The fourth-order valence-corrected chi connectivity index (χ4v) is 6.01. The maximum absolute atomic E-state index is 4.70. The Morgan fingerprint density at radius 1 is 0.977 bits per heavy atom. The van der Waals surface area contributed by atoms with Gasteiger partial charge in [0.25, 0.3) is 0 Å². The molecule has 6 aromatic rings. The van der Waals surface area contributed by atoms with E-state index in [-0.39, 0.29) is 0 Å². The predicted octanol–water partition coefficient (Wildman–Crippen LogP) is 7.57. The highest BCUT2D eigenvalue weighted by atomic mass is 32.1. The Labute approximate surface area is 254 Å². The van der Waals surface area contributed by atoms with E-state index in [1.165, 1.54) is 10.4 Å². The molecule has 0 fully saturated rings. The van der Waals surface area contributed by atoms with Crippen LogP contribution >= 0.6 is 11.3 Å². The summed E-state index contributed by atoms with van der Waals surface area (Å²) in [6.07, 6.45) is 12.2. The minimum Gasteiger partial charge on any atom is -0.358 e. The number of pyridine rings is 2. The normalized spacial score (nSPS) is 12.1. The van der Waals surface area contributed by atoms with E-state index < -0.39 is 0 Å². The van der Waals surface area contributed by atoms with Crippen LogP contribution in [-0.4, -0.2) is 25.1 Å². The van der Waals surface area contributed by atoms with Crippen LogP contribution in [0.25, 0.3) is 56.0 Å². The van der Waals surface area contributed by atoms with Gasteiger partial charge in [0.1, 0.15) is 5.69 Å². The van der Waals surface area contributed by atoms with E-state index in [4.69, 9.17) is 5.10 Å². The van der Waals surface area contributed by atoms with Gasteiger partial charge in [-0.1, -0.05) is 56.1 Å². The summed E-state index contributed by atoms with van der Waals surface area (Å²) in [5.41, 5.74) is 9.47. The lowest BCUT2D eigenvalue weighted by Gasteiger charge is -2.11. The first-order valence-electron chi connectivity index (χ1n) is 14.0. The van der Waals surface area contributed by atoms with Crippen molar-refractivity contribution in [2.75, 3.05) is 5.32 Å². The highest BCUT2D eigenvalue weighted by Crippen LogP contribution is 2.36. The van der Waals surface area contributed by atoms with Crippen LogP contribution in [0.2, 0.25) is 0 Å². The minimum atomic E-state index is 0.732. The summed E-state index contributed by atoms with van der Waals surface area (Å²) in [7, 11) is 0. The number of H-pyrrole nitrogens is 2. The number of hydrogen-bond acceptors (Lipinski definition) is 5. The molecular weight excluding hydrogens is 549 g/mol. The maximum atomic E-state index is 4.70. The van der Waals surface area contributed by atoms with Crippen molar-refractivity contribution in [2.24, 2.45) is 0 Å². The lowest BCUT2D eigenvalue weighted by molar-refractivity contribution is 1.06. The number of aromatic nitrogens is 5. The van der Waals surface area contributed by atoms with E-state index in [2.05, 4.69) is 81.5 Å². The van der Waals surface area contributed by atoms with Gasteiger partial charge in [0.15, 0.2) is 0 Å². The first kappa shape index (κ1) is 27.9. The number of thiophene rings is 1. The van der Waals surface area contributed by atoms with Gasteiger partial charge in [-0.2, -0.15) is 5.10 Å². The number of rotatable bonds is 9. The summed E-state index contributed by atoms with van der Waals surface area (Å²) in [5.74, 6) is 0. The van der Waals surface area contributed by atoms with Crippen LogP contribution < -0.4 is 15.9 Å². The van der Waals surface area contributed by atoms with Crippen molar-refractivity contribution >= 4 is 51.2 Å². The lowest BCUT2D eigenvalue weighted by atomic mass is 10.1. The molecule has 0 aliphatic heterocycles. The zero-order valence-electron chi connectivity index (χ0n) is 24.2. The van der Waals surface area contributed by atoms with Crippen LogP contribution in [0.5, 0.6) is 0 Å². The van der Waals surface area contributed by atoms with Gasteiger partial charge < -0.3 is 10.3 Å². The van der Waals surface area contributed by atoms with Gasteiger partial charge in [-0.3, -0.25) is 15.1 Å². The smallest absolute Gasteiger partial charge is 0.116 e. The Kier molecular flexibility index (Phi) is 7.73. The molecular formula is C36H32N6S. The van der Waals surface area contributed by atoms with E-state index in [9.17, 15) is 0 Å². The van der Waals surface area contributed by atoms with E-state index in [1.807, 2.05) is 62.8 Å². The van der Waals surface area contributed by atoms with E-state index in [0.29, 0.717) is 0 Å². The van der Waals surface area contributed by atoms with Gasteiger partial charge in [-0.15, -0.1) is 11.3 Å². The molecule has 7 heteroatoms. The fourth-order valence-electron chi connectivity index (χ4n) is 5.05. The zero-order valence-corrected chi connectivity index (χ0v) is 25.1. The second kappa shape index (κ2) is 11.9. The van der Waals surface area contributed by atoms with Crippen LogP contribution in [0.15, 0.2) is 105 Å². The monoisotopic (exact) mass is 580 g/mol. The van der Waals surface area contributed by atoms with E-state index in [1.54, 1.807) is 17.5 Å². The van der Waals surface area contributed by atoms with E-state index >= 15 is 0 Å². The third kappa shape index (κ3) is 5.89. The second-order valence-corrected chi connectivity index (χ2v) is 11.6. The maximum Gasteiger partial charge on any atom is 0.116 e. The van der Waals surface area contributed by atoms with Crippen molar-refractivity contribution in [3.63, 3.8) is 0 Å². The van der Waals surface area contributed by atoms with Crippen molar-refractivity contribution in [3.05, 3.63) is 131 Å². The third-order valence-corrected chi connectivity index (χ3v) is 8.50. The number of anilines is 1. The zero-order chi connectivity index (χ0) is 29.9. The Bertz CT molecular complexity index is 2110. The molecule has 0 amide bonds. The summed E-state index contributed by atoms with van der Waals surface area (Å²) in [6, 6.07) is 18.7. The quantitative estimate of drug-likeness (QED) is 0.165. The molecule has 6 rings (SSSR count). The number of fused-ring (bicyclic) bond motifs is 1. The lowest BCUT2D eigenvalue weighted by Crippen LogP contribution is -2.23. The number of nitrogens with one attached hydrogen (secondary N) is 3. The van der Waals surface area contributed by atoms with Crippen LogP contribution in [0, 0.1) is 0 Å². The Balaban J connectivity index is 1.32. The molecule has 212 valence electrons. The van der Waals surface area contributed by atoms with E-state index in [0.717, 1.165) is 77.8 Å². The largest absolute Gasteiger partial charge is 0.358 e. The van der Waals surface area contributed by atoms with Crippen molar-refractivity contribution in [1.29, 1.82) is 0 Å². The van der Waals surface area contributed by atoms with Gasteiger partial charge in [-0.25, -0.2) is 0 Å². The SMILES string of the molecule is C=C(Cc1ccccc1)Nc1cncc(C(=C)/C=c2/c(-c3cc4c(-c5ccc(C(=C)C)s5)cncc4[nH]3)n[nH]/c2=C/C)c1. The Morgan fingerprint density at radius 3 is 2.56 bits per heavy atom. The molecule has 5 heterocycles. The van der Waals surface area contributed by atoms with Crippen molar-refractivity contribution in [1.82, 2.24) is 25.1 Å². The number of nitrogens with zero attached hydrogens (tertiary/aromatic N) is 3. The molecule has 43 heavy (non-hydrogen) atoms. The second-order valence-electron chi connectivity index (χ2n) is 10.5. The molecule has 3 N–H and O–H groups in total. The van der Waals surface area contributed by atoms with Crippen LogP contribution in [0.3, 0.4) is 0 Å². The molecule has 0 aliphatic rings. The molecule has 0 atom stereocenters. The average molecular weight is 581 g/mol. The summed E-state index contributed by atoms with van der Waals surface area (Å²) in [5, 5.41) is 14.2. The summed E-state index contributed by atoms with van der Waals surface area (Å²) < 4.78 is 0. The molecule has 0 bridgehead atoms. The van der Waals surface area contributed by atoms with Crippen LogP contribution in [0.4, 0.5) is 5.69 Å². The van der Waals surface area contributed by atoms with Gasteiger partial charge in [0, 0.05) is 56.0 Å². The van der Waals surface area contributed by atoms with Crippen LogP contribution in [0.1, 0.15) is 29.9 Å². The van der Waals surface area contributed by atoms with Gasteiger partial charge in [-0.05, 0) is 60.9 Å². The first-order valence-corrected chi connectivity index (χ1v) is 14.8.